The van der Waals surface area contributed by atoms with Crippen molar-refractivity contribution in [2.75, 3.05) is 5.73 Å². The van der Waals surface area contributed by atoms with Crippen LogP contribution in [0.4, 0.5) is 5.69 Å². The van der Waals surface area contributed by atoms with Gasteiger partial charge in [0.15, 0.2) is 0 Å². The van der Waals surface area contributed by atoms with Gasteiger partial charge in [-0.1, -0.05) is 0 Å². The van der Waals surface area contributed by atoms with Crippen LogP contribution in [0.1, 0.15) is 4.88 Å². The molecule has 0 saturated carbocycles. The number of anilines is 1. The largest absolute Gasteiger partial charge is 0.397 e. The lowest BCUT2D eigenvalue weighted by atomic mass is 10.2. The monoisotopic (exact) mass is 253 g/mol. The van der Waals surface area contributed by atoms with Crippen molar-refractivity contribution >= 4 is 49.3 Å². The summed E-state index contributed by atoms with van der Waals surface area (Å²) in [6.45, 7) is 2.06. The molecule has 0 aliphatic rings. The van der Waals surface area contributed by atoms with Crippen LogP contribution in [0.3, 0.4) is 0 Å². The van der Waals surface area contributed by atoms with Crippen molar-refractivity contribution < 1.29 is 0 Å². The molecule has 0 saturated heterocycles. The number of aryl methyl sites for hydroxylation is 1. The Bertz CT molecular complexity index is 619. The predicted molar refractivity (Wildman–Crippen MR) is 67.8 cm³/mol. The lowest BCUT2D eigenvalue weighted by Gasteiger charge is -1.93. The number of rotatable bonds is 1. The zero-order chi connectivity index (χ0) is 10.4. The number of thiophene rings is 1. The van der Waals surface area contributed by atoms with Crippen LogP contribution in [-0.4, -0.2) is 9.36 Å². The minimum atomic E-state index is 0.811. The van der Waals surface area contributed by atoms with Crippen molar-refractivity contribution in [1.29, 1.82) is 0 Å². The molecular weight excluding hydrogens is 246 g/mol. The molecule has 0 atom stereocenters. The fourth-order valence-corrected chi connectivity index (χ4v) is 3.83. The normalized spacial score (nSPS) is 11.3. The van der Waals surface area contributed by atoms with Crippen LogP contribution in [-0.2, 0) is 0 Å². The van der Waals surface area contributed by atoms with Gasteiger partial charge >= 0.3 is 0 Å². The molecule has 0 aromatic carbocycles. The van der Waals surface area contributed by atoms with E-state index in [9.17, 15) is 0 Å². The molecule has 0 aliphatic carbocycles. The molecule has 3 aromatic heterocycles. The molecule has 76 valence electrons. The van der Waals surface area contributed by atoms with Crippen LogP contribution in [0, 0.1) is 6.92 Å². The second-order valence-electron chi connectivity index (χ2n) is 3.14. The Morgan fingerprint density at radius 2 is 2.13 bits per heavy atom. The summed E-state index contributed by atoms with van der Waals surface area (Å²) in [5.74, 6) is 0. The maximum absolute atomic E-state index is 5.93. The standard InChI is InChI=1S/C9H7N3S3/c1-4-7(11-3-14-4)8-6-5(10)2-13-9(6)15-12-8/h2-3H,10H2,1H3. The Hall–Kier alpha value is -0.980. The van der Waals surface area contributed by atoms with Crippen molar-refractivity contribution in [3.05, 3.63) is 15.8 Å². The summed E-state index contributed by atoms with van der Waals surface area (Å²) in [5, 5.41) is 3.03. The van der Waals surface area contributed by atoms with E-state index in [1.165, 1.54) is 20.4 Å². The van der Waals surface area contributed by atoms with Gasteiger partial charge in [-0.2, -0.15) is 4.37 Å². The quantitative estimate of drug-likeness (QED) is 0.723. The molecule has 0 spiro atoms. The highest BCUT2D eigenvalue weighted by atomic mass is 32.2. The number of nitrogens with two attached hydrogens (primary N) is 1. The summed E-state index contributed by atoms with van der Waals surface area (Å²) in [7, 11) is 0. The topological polar surface area (TPSA) is 51.8 Å². The van der Waals surface area contributed by atoms with E-state index in [0.29, 0.717) is 0 Å². The highest BCUT2D eigenvalue weighted by Crippen LogP contribution is 2.39. The highest BCUT2D eigenvalue weighted by Gasteiger charge is 2.16. The summed E-state index contributed by atoms with van der Waals surface area (Å²) in [6, 6.07) is 0. The number of hydrogen-bond donors (Lipinski definition) is 1. The number of fused-ring (bicyclic) bond motifs is 1. The van der Waals surface area contributed by atoms with Gasteiger partial charge in [0.1, 0.15) is 15.4 Å². The zero-order valence-electron chi connectivity index (χ0n) is 7.85. The van der Waals surface area contributed by atoms with Crippen molar-refractivity contribution in [2.24, 2.45) is 0 Å². The first-order chi connectivity index (χ1) is 7.27. The zero-order valence-corrected chi connectivity index (χ0v) is 10.3. The fraction of sp³-hybridized carbons (Fsp3) is 0.111. The molecule has 0 aliphatic heterocycles. The summed E-state index contributed by atoms with van der Waals surface area (Å²) < 4.78 is 5.61. The summed E-state index contributed by atoms with van der Waals surface area (Å²) in [4.78, 5) is 5.53. The number of thiazole rings is 1. The van der Waals surface area contributed by atoms with Gasteiger partial charge in [-0.15, -0.1) is 22.7 Å². The van der Waals surface area contributed by atoms with Gasteiger partial charge in [0, 0.05) is 10.3 Å². The van der Waals surface area contributed by atoms with Gasteiger partial charge in [0.05, 0.1) is 16.6 Å². The van der Waals surface area contributed by atoms with Crippen LogP contribution in [0.5, 0.6) is 0 Å². The Balaban J connectivity index is 2.36. The first-order valence-corrected chi connectivity index (χ1v) is 6.83. The third-order valence-electron chi connectivity index (χ3n) is 2.21. The Labute approximate surface area is 98.4 Å². The van der Waals surface area contributed by atoms with E-state index in [1.807, 2.05) is 10.9 Å². The molecule has 2 N–H and O–H groups in total. The fourth-order valence-electron chi connectivity index (χ4n) is 1.48. The Morgan fingerprint density at radius 1 is 1.27 bits per heavy atom. The third kappa shape index (κ3) is 1.29. The molecular formula is C9H7N3S3. The molecule has 0 radical (unpaired) electrons. The van der Waals surface area contributed by atoms with E-state index < -0.39 is 0 Å². The molecule has 6 heteroatoms. The number of aromatic nitrogens is 2. The molecule has 3 aromatic rings. The van der Waals surface area contributed by atoms with Gasteiger partial charge in [-0.25, -0.2) is 4.98 Å². The lowest BCUT2D eigenvalue weighted by Crippen LogP contribution is -1.84. The lowest BCUT2D eigenvalue weighted by molar-refractivity contribution is 1.35. The smallest absolute Gasteiger partial charge is 0.114 e. The van der Waals surface area contributed by atoms with Crippen molar-refractivity contribution in [1.82, 2.24) is 9.36 Å². The highest BCUT2D eigenvalue weighted by molar-refractivity contribution is 7.35. The summed E-state index contributed by atoms with van der Waals surface area (Å²) in [5.41, 5.74) is 10.5. The van der Waals surface area contributed by atoms with Gasteiger partial charge < -0.3 is 5.73 Å². The van der Waals surface area contributed by atoms with E-state index in [-0.39, 0.29) is 0 Å². The molecule has 0 amide bonds. The van der Waals surface area contributed by atoms with Crippen LogP contribution in [0.2, 0.25) is 0 Å². The van der Waals surface area contributed by atoms with Crippen molar-refractivity contribution in [2.45, 2.75) is 6.92 Å². The summed E-state index contributed by atoms with van der Waals surface area (Å²) in [6.07, 6.45) is 0. The predicted octanol–water partition coefficient (Wildman–Crippen LogP) is 3.37. The van der Waals surface area contributed by atoms with E-state index in [1.54, 1.807) is 22.7 Å². The SMILES string of the molecule is Cc1scnc1-c1nsc2scc(N)c12. The van der Waals surface area contributed by atoms with E-state index >= 15 is 0 Å². The van der Waals surface area contributed by atoms with Crippen LogP contribution in [0.15, 0.2) is 10.9 Å². The second-order valence-corrected chi connectivity index (χ2v) is 6.11. The third-order valence-corrected chi connectivity index (χ3v) is 4.92. The van der Waals surface area contributed by atoms with Gasteiger partial charge in [-0.05, 0) is 18.5 Å². The molecule has 3 heterocycles. The number of nitrogen functional groups attached to an aromatic ring is 1. The van der Waals surface area contributed by atoms with Crippen LogP contribution < -0.4 is 5.73 Å². The maximum Gasteiger partial charge on any atom is 0.114 e. The second kappa shape index (κ2) is 3.26. The van der Waals surface area contributed by atoms with Gasteiger partial charge in [0.2, 0.25) is 0 Å². The Kier molecular flexibility index (Phi) is 2.01. The van der Waals surface area contributed by atoms with E-state index in [2.05, 4.69) is 16.3 Å². The Morgan fingerprint density at radius 3 is 2.87 bits per heavy atom. The number of nitrogens with zero attached hydrogens (tertiary/aromatic N) is 2. The molecule has 0 fully saturated rings. The minimum Gasteiger partial charge on any atom is -0.397 e. The number of hydrogen-bond acceptors (Lipinski definition) is 6. The van der Waals surface area contributed by atoms with Crippen molar-refractivity contribution in [3.8, 4) is 11.4 Å². The molecule has 3 nitrogen and oxygen atoms in total. The van der Waals surface area contributed by atoms with E-state index in [4.69, 9.17) is 5.73 Å². The minimum absolute atomic E-state index is 0.811. The maximum atomic E-state index is 5.93. The van der Waals surface area contributed by atoms with Gasteiger partial charge in [-0.3, -0.25) is 0 Å². The van der Waals surface area contributed by atoms with E-state index in [0.717, 1.165) is 22.5 Å². The van der Waals surface area contributed by atoms with Gasteiger partial charge in [0.25, 0.3) is 0 Å². The van der Waals surface area contributed by atoms with Crippen LogP contribution >= 0.6 is 34.2 Å². The average Bonchev–Trinajstić information content (AvgIpc) is 2.85. The average molecular weight is 253 g/mol. The summed E-state index contributed by atoms with van der Waals surface area (Å²) >= 11 is 4.78. The molecule has 3 rings (SSSR count). The molecule has 0 unspecified atom stereocenters. The van der Waals surface area contributed by atoms with Crippen LogP contribution in [0.25, 0.3) is 20.8 Å². The molecule has 15 heavy (non-hydrogen) atoms. The molecule has 0 bridgehead atoms. The first-order valence-electron chi connectivity index (χ1n) is 4.30. The van der Waals surface area contributed by atoms with Crippen molar-refractivity contribution in [3.63, 3.8) is 0 Å². The first kappa shape index (κ1) is 9.26.